The van der Waals surface area contributed by atoms with Gasteiger partial charge in [-0.1, -0.05) is 12.1 Å². The van der Waals surface area contributed by atoms with Gasteiger partial charge in [-0.05, 0) is 43.2 Å². The average Bonchev–Trinajstić information content (AvgIpc) is 3.01. The van der Waals surface area contributed by atoms with E-state index in [0.717, 1.165) is 11.3 Å². The van der Waals surface area contributed by atoms with Crippen molar-refractivity contribution >= 4 is 34.3 Å². The Bertz CT molecular complexity index is 1010. The number of carbonyl (C=O) groups excluding carboxylic acids is 2. The van der Waals surface area contributed by atoms with Crippen molar-refractivity contribution in [2.45, 2.75) is 13.8 Å². The van der Waals surface area contributed by atoms with E-state index in [1.807, 2.05) is 12.1 Å². The van der Waals surface area contributed by atoms with Crippen molar-refractivity contribution in [3.8, 4) is 17.9 Å². The summed E-state index contributed by atoms with van der Waals surface area (Å²) in [6.45, 7) is 3.48. The van der Waals surface area contributed by atoms with Crippen molar-refractivity contribution < 1.29 is 19.1 Å². The van der Waals surface area contributed by atoms with Crippen LogP contribution in [0.4, 0.5) is 5.00 Å². The van der Waals surface area contributed by atoms with Crippen LogP contribution in [0.1, 0.15) is 33.3 Å². The van der Waals surface area contributed by atoms with E-state index in [0.29, 0.717) is 16.9 Å². The van der Waals surface area contributed by atoms with E-state index in [-0.39, 0.29) is 27.6 Å². The van der Waals surface area contributed by atoms with E-state index >= 15 is 0 Å². The lowest BCUT2D eigenvalue weighted by Gasteiger charge is -2.03. The molecular weight excluding hydrogens is 378 g/mol. The van der Waals surface area contributed by atoms with Gasteiger partial charge in [0.1, 0.15) is 33.3 Å². The summed E-state index contributed by atoms with van der Waals surface area (Å²) in [6, 6.07) is 10.7. The molecule has 0 aliphatic carbocycles. The number of ether oxygens (including phenoxy) is 2. The number of rotatable bonds is 6. The number of nitrogens with one attached hydrogen (secondary N) is 1. The minimum absolute atomic E-state index is 0.141. The van der Waals surface area contributed by atoms with Crippen molar-refractivity contribution in [1.29, 1.82) is 10.5 Å². The van der Waals surface area contributed by atoms with E-state index in [1.165, 1.54) is 6.08 Å². The molecule has 8 heteroatoms. The van der Waals surface area contributed by atoms with Crippen LogP contribution >= 0.6 is 11.3 Å². The summed E-state index contributed by atoms with van der Waals surface area (Å²) in [4.78, 5) is 24.8. The average molecular weight is 395 g/mol. The number of esters is 1. The molecule has 0 atom stereocenters. The monoisotopic (exact) mass is 395 g/mol. The Labute approximate surface area is 166 Å². The maximum absolute atomic E-state index is 12.5. The summed E-state index contributed by atoms with van der Waals surface area (Å²) in [5.74, 6) is -0.581. The third kappa shape index (κ3) is 4.56. The minimum atomic E-state index is -0.675. The van der Waals surface area contributed by atoms with Crippen molar-refractivity contribution in [3.63, 3.8) is 0 Å². The molecule has 0 unspecified atom stereocenters. The molecule has 0 aliphatic heterocycles. The van der Waals surface area contributed by atoms with Crippen LogP contribution in [0.25, 0.3) is 6.08 Å². The summed E-state index contributed by atoms with van der Waals surface area (Å²) < 4.78 is 10.0. The number of nitriles is 2. The van der Waals surface area contributed by atoms with Crippen LogP contribution in [0.5, 0.6) is 5.75 Å². The van der Waals surface area contributed by atoms with Gasteiger partial charge in [-0.15, -0.1) is 11.3 Å². The molecule has 142 valence electrons. The summed E-state index contributed by atoms with van der Waals surface area (Å²) >= 11 is 0.944. The fraction of sp³-hybridized carbons (Fsp3) is 0.200. The Kier molecular flexibility index (Phi) is 6.91. The Morgan fingerprint density at radius 1 is 1.25 bits per heavy atom. The van der Waals surface area contributed by atoms with E-state index in [9.17, 15) is 20.1 Å². The fourth-order valence-electron chi connectivity index (χ4n) is 2.31. The number of methoxy groups -OCH3 is 1. The maximum atomic E-state index is 12.5. The number of nitrogens with zero attached hydrogens (tertiary/aromatic N) is 2. The van der Waals surface area contributed by atoms with Gasteiger partial charge in [0, 0.05) is 0 Å². The highest BCUT2D eigenvalue weighted by Crippen LogP contribution is 2.33. The van der Waals surface area contributed by atoms with Crippen LogP contribution in [0, 0.1) is 29.6 Å². The normalized spacial score (nSPS) is 10.5. The van der Waals surface area contributed by atoms with Crippen LogP contribution in [0.2, 0.25) is 0 Å². The van der Waals surface area contributed by atoms with Gasteiger partial charge in [-0.2, -0.15) is 10.5 Å². The molecule has 0 radical (unpaired) electrons. The molecule has 0 saturated heterocycles. The fourth-order valence-corrected chi connectivity index (χ4v) is 3.36. The Hall–Kier alpha value is -3.62. The number of thiophene rings is 1. The van der Waals surface area contributed by atoms with Gasteiger partial charge in [0.25, 0.3) is 5.91 Å². The predicted octanol–water partition coefficient (Wildman–Crippen LogP) is 3.66. The molecule has 7 nitrogen and oxygen atoms in total. The third-order valence-electron chi connectivity index (χ3n) is 3.74. The second kappa shape index (κ2) is 9.36. The number of benzene rings is 1. The number of carbonyl (C=O) groups is 2. The number of anilines is 1. The first-order valence-electron chi connectivity index (χ1n) is 8.22. The first kappa shape index (κ1) is 20.7. The lowest BCUT2D eigenvalue weighted by atomic mass is 10.1. The summed E-state index contributed by atoms with van der Waals surface area (Å²) in [7, 11) is 1.54. The summed E-state index contributed by atoms with van der Waals surface area (Å²) in [5.41, 5.74) is 1.10. The smallest absolute Gasteiger partial charge is 0.348 e. The largest absolute Gasteiger partial charge is 0.497 e. The van der Waals surface area contributed by atoms with Gasteiger partial charge in [0.2, 0.25) is 0 Å². The van der Waals surface area contributed by atoms with Crippen molar-refractivity contribution in [3.05, 3.63) is 51.4 Å². The zero-order valence-corrected chi connectivity index (χ0v) is 16.3. The van der Waals surface area contributed by atoms with Gasteiger partial charge in [0.05, 0.1) is 19.3 Å². The van der Waals surface area contributed by atoms with Gasteiger partial charge in [-0.3, -0.25) is 4.79 Å². The zero-order chi connectivity index (χ0) is 20.7. The Balaban J connectivity index is 2.30. The molecule has 2 aromatic rings. The lowest BCUT2D eigenvalue weighted by Crippen LogP contribution is -2.13. The SMILES string of the molecule is CCOC(=O)c1sc(NC(=O)C(C#N)=Cc2ccc(OC)cc2)c(C#N)c1C. The van der Waals surface area contributed by atoms with E-state index in [4.69, 9.17) is 9.47 Å². The second-order valence-corrected chi connectivity index (χ2v) is 6.51. The highest BCUT2D eigenvalue weighted by atomic mass is 32.1. The maximum Gasteiger partial charge on any atom is 0.348 e. The highest BCUT2D eigenvalue weighted by molar-refractivity contribution is 7.18. The molecular formula is C20H17N3O4S. The van der Waals surface area contributed by atoms with Crippen LogP contribution in [-0.2, 0) is 9.53 Å². The van der Waals surface area contributed by atoms with Crippen molar-refractivity contribution in [1.82, 2.24) is 0 Å². The molecule has 2 rings (SSSR count). The molecule has 0 spiro atoms. The molecule has 1 heterocycles. The number of amides is 1. The van der Waals surface area contributed by atoms with Crippen LogP contribution in [-0.4, -0.2) is 25.6 Å². The first-order chi connectivity index (χ1) is 13.4. The molecule has 28 heavy (non-hydrogen) atoms. The predicted molar refractivity (Wildman–Crippen MR) is 105 cm³/mol. The molecule has 0 saturated carbocycles. The highest BCUT2D eigenvalue weighted by Gasteiger charge is 2.23. The molecule has 1 N–H and O–H groups in total. The standard InChI is InChI=1S/C20H17N3O4S/c1-4-27-20(25)17-12(2)16(11-22)19(28-17)23-18(24)14(10-21)9-13-5-7-15(26-3)8-6-13/h5-9H,4H2,1-3H3,(H,23,24). The van der Waals surface area contributed by atoms with Crippen LogP contribution in [0.15, 0.2) is 29.8 Å². The molecule has 0 fully saturated rings. The molecule has 1 aromatic carbocycles. The summed E-state index contributed by atoms with van der Waals surface area (Å²) in [6.07, 6.45) is 1.42. The van der Waals surface area contributed by atoms with Gasteiger partial charge in [0.15, 0.2) is 0 Å². The quantitative estimate of drug-likeness (QED) is 0.454. The number of hydrogen-bond acceptors (Lipinski definition) is 7. The summed E-state index contributed by atoms with van der Waals surface area (Å²) in [5, 5.41) is 21.5. The molecule has 0 bridgehead atoms. The molecule has 1 aromatic heterocycles. The third-order valence-corrected chi connectivity index (χ3v) is 4.93. The van der Waals surface area contributed by atoms with Crippen molar-refractivity contribution in [2.24, 2.45) is 0 Å². The Morgan fingerprint density at radius 2 is 1.93 bits per heavy atom. The zero-order valence-electron chi connectivity index (χ0n) is 15.5. The van der Waals surface area contributed by atoms with Gasteiger partial charge < -0.3 is 14.8 Å². The van der Waals surface area contributed by atoms with E-state index in [1.54, 1.807) is 45.2 Å². The van der Waals surface area contributed by atoms with E-state index in [2.05, 4.69) is 5.32 Å². The first-order valence-corrected chi connectivity index (χ1v) is 9.04. The van der Waals surface area contributed by atoms with Crippen LogP contribution in [0.3, 0.4) is 0 Å². The number of hydrogen-bond donors (Lipinski definition) is 1. The van der Waals surface area contributed by atoms with Gasteiger partial charge in [-0.25, -0.2) is 4.79 Å². The van der Waals surface area contributed by atoms with Crippen LogP contribution < -0.4 is 10.1 Å². The lowest BCUT2D eigenvalue weighted by molar-refractivity contribution is -0.112. The Morgan fingerprint density at radius 3 is 2.46 bits per heavy atom. The minimum Gasteiger partial charge on any atom is -0.497 e. The second-order valence-electron chi connectivity index (χ2n) is 5.49. The van der Waals surface area contributed by atoms with Crippen molar-refractivity contribution in [2.75, 3.05) is 19.0 Å². The molecule has 1 amide bonds. The molecule has 0 aliphatic rings. The topological polar surface area (TPSA) is 112 Å². The van der Waals surface area contributed by atoms with Gasteiger partial charge >= 0.3 is 5.97 Å². The van der Waals surface area contributed by atoms with E-state index < -0.39 is 11.9 Å².